The van der Waals surface area contributed by atoms with E-state index in [-0.39, 0.29) is 31.6 Å². The van der Waals surface area contributed by atoms with Crippen LogP contribution in [0.3, 0.4) is 0 Å². The Morgan fingerprint density at radius 2 is 1.96 bits per heavy atom. The summed E-state index contributed by atoms with van der Waals surface area (Å²) in [6, 6.07) is 9.21. The molecule has 1 saturated heterocycles. The average Bonchev–Trinajstić information content (AvgIpc) is 2.82. The van der Waals surface area contributed by atoms with Gasteiger partial charge in [0.1, 0.15) is 6.61 Å². The lowest BCUT2D eigenvalue weighted by molar-refractivity contribution is -0.133. The summed E-state index contributed by atoms with van der Waals surface area (Å²) < 4.78 is 5.09. The van der Waals surface area contributed by atoms with Gasteiger partial charge in [0.2, 0.25) is 5.91 Å². The van der Waals surface area contributed by atoms with Crippen molar-refractivity contribution in [2.24, 2.45) is 5.92 Å². The summed E-state index contributed by atoms with van der Waals surface area (Å²) >= 11 is 0. The fraction of sp³-hybridized carbons (Fsp3) is 0.389. The molecule has 1 fully saturated rings. The number of cyclic esters (lactones) is 1. The van der Waals surface area contributed by atoms with Crippen LogP contribution in [0.1, 0.15) is 12.0 Å². The first-order valence-corrected chi connectivity index (χ1v) is 8.23. The number of hydrogen-bond donors (Lipinski definition) is 1. The second-order valence-electron chi connectivity index (χ2n) is 6.22. The average molecular weight is 344 g/mol. The van der Waals surface area contributed by atoms with Crippen LogP contribution in [0, 0.1) is 5.92 Å². The van der Waals surface area contributed by atoms with Crippen LogP contribution in [-0.2, 0) is 16.0 Å². The molecule has 1 unspecified atom stereocenters. The van der Waals surface area contributed by atoms with Crippen molar-refractivity contribution in [1.82, 2.24) is 9.80 Å². The molecule has 7 heteroatoms. The zero-order valence-corrected chi connectivity index (χ0v) is 13.7. The van der Waals surface area contributed by atoms with Crippen LogP contribution in [0.25, 0.3) is 0 Å². The molecule has 3 amide bonds. The Labute approximate surface area is 145 Å². The van der Waals surface area contributed by atoms with Crippen LogP contribution in [-0.4, -0.2) is 58.7 Å². The van der Waals surface area contributed by atoms with Crippen LogP contribution in [0.2, 0.25) is 0 Å². The van der Waals surface area contributed by atoms with Gasteiger partial charge in [0, 0.05) is 13.1 Å². The summed E-state index contributed by atoms with van der Waals surface area (Å²) in [7, 11) is 0. The predicted molar refractivity (Wildman–Crippen MR) is 89.0 cm³/mol. The molecule has 1 aromatic rings. The van der Waals surface area contributed by atoms with E-state index in [4.69, 9.17) is 4.74 Å². The number of imide groups is 1. The maximum absolute atomic E-state index is 12.9. The van der Waals surface area contributed by atoms with E-state index in [1.807, 2.05) is 30.3 Å². The van der Waals surface area contributed by atoms with Gasteiger partial charge in [-0.3, -0.25) is 4.79 Å². The monoisotopic (exact) mass is 344 g/mol. The van der Waals surface area contributed by atoms with Gasteiger partial charge < -0.3 is 14.7 Å². The standard InChI is InChI=1S/C18H20N2O5/c21-16(14-8-4-5-9-19(11-14)17(22)23)20-15(12-25-18(20)24)10-13-6-2-1-3-7-13/h1-7,14-15H,8-12H2,(H,22,23)/t14?,15-/m1/s1. The molecule has 3 rings (SSSR count). The van der Waals surface area contributed by atoms with Crippen LogP contribution < -0.4 is 0 Å². The lowest BCUT2D eigenvalue weighted by Crippen LogP contribution is -2.46. The zero-order valence-electron chi connectivity index (χ0n) is 13.7. The summed E-state index contributed by atoms with van der Waals surface area (Å²) in [6.07, 6.45) is 2.72. The van der Waals surface area contributed by atoms with Gasteiger partial charge in [0.05, 0.1) is 12.0 Å². The first kappa shape index (κ1) is 17.0. The van der Waals surface area contributed by atoms with Crippen molar-refractivity contribution >= 4 is 18.1 Å². The van der Waals surface area contributed by atoms with Crippen molar-refractivity contribution in [2.75, 3.05) is 19.7 Å². The van der Waals surface area contributed by atoms with E-state index >= 15 is 0 Å². The Morgan fingerprint density at radius 1 is 1.20 bits per heavy atom. The number of rotatable bonds is 3. The minimum absolute atomic E-state index is 0.0724. The molecule has 0 saturated carbocycles. The van der Waals surface area contributed by atoms with Crippen LogP contribution in [0.15, 0.2) is 42.5 Å². The van der Waals surface area contributed by atoms with E-state index in [0.717, 1.165) is 10.5 Å². The molecular formula is C18H20N2O5. The van der Waals surface area contributed by atoms with Crippen LogP contribution >= 0.6 is 0 Å². The molecule has 132 valence electrons. The topological polar surface area (TPSA) is 87.2 Å². The van der Waals surface area contributed by atoms with E-state index < -0.39 is 18.1 Å². The quantitative estimate of drug-likeness (QED) is 0.849. The fourth-order valence-electron chi connectivity index (χ4n) is 3.18. The molecule has 0 aliphatic carbocycles. The van der Waals surface area contributed by atoms with Crippen molar-refractivity contribution in [1.29, 1.82) is 0 Å². The molecule has 1 N–H and O–H groups in total. The number of ether oxygens (including phenoxy) is 1. The van der Waals surface area contributed by atoms with Gasteiger partial charge in [-0.1, -0.05) is 42.5 Å². The lowest BCUT2D eigenvalue weighted by Gasteiger charge is -2.26. The van der Waals surface area contributed by atoms with Crippen molar-refractivity contribution in [3.8, 4) is 0 Å². The van der Waals surface area contributed by atoms with Crippen molar-refractivity contribution < 1.29 is 24.2 Å². The molecule has 0 radical (unpaired) electrons. The van der Waals surface area contributed by atoms with Crippen molar-refractivity contribution in [2.45, 2.75) is 18.9 Å². The molecule has 25 heavy (non-hydrogen) atoms. The minimum Gasteiger partial charge on any atom is -0.465 e. The fourth-order valence-corrected chi connectivity index (χ4v) is 3.18. The molecule has 2 aliphatic heterocycles. The molecule has 2 aliphatic rings. The molecule has 2 heterocycles. The van der Waals surface area contributed by atoms with E-state index in [1.54, 1.807) is 12.2 Å². The Kier molecular flexibility index (Phi) is 5.02. The number of carbonyl (C=O) groups is 3. The predicted octanol–water partition coefficient (Wildman–Crippen LogP) is 2.13. The van der Waals surface area contributed by atoms with Gasteiger partial charge >= 0.3 is 12.2 Å². The summed E-state index contributed by atoms with van der Waals surface area (Å²) in [5, 5.41) is 9.20. The number of carboxylic acid groups (broad SMARTS) is 1. The summed E-state index contributed by atoms with van der Waals surface area (Å²) in [4.78, 5) is 38.6. The number of nitrogens with zero attached hydrogens (tertiary/aromatic N) is 2. The zero-order chi connectivity index (χ0) is 17.8. The van der Waals surface area contributed by atoms with E-state index in [1.165, 1.54) is 4.90 Å². The number of allylic oxidation sites excluding steroid dienone is 1. The van der Waals surface area contributed by atoms with E-state index in [0.29, 0.717) is 12.8 Å². The number of carbonyl (C=O) groups excluding carboxylic acids is 2. The highest BCUT2D eigenvalue weighted by Gasteiger charge is 2.41. The van der Waals surface area contributed by atoms with Crippen LogP contribution in [0.4, 0.5) is 9.59 Å². The largest absolute Gasteiger partial charge is 0.465 e. The third-order valence-electron chi connectivity index (χ3n) is 4.49. The lowest BCUT2D eigenvalue weighted by atomic mass is 10.0. The smallest absolute Gasteiger partial charge is 0.416 e. The van der Waals surface area contributed by atoms with Gasteiger partial charge in [-0.25, -0.2) is 14.5 Å². The maximum atomic E-state index is 12.9. The molecule has 2 atom stereocenters. The number of benzene rings is 1. The first-order valence-electron chi connectivity index (χ1n) is 8.23. The van der Waals surface area contributed by atoms with Crippen LogP contribution in [0.5, 0.6) is 0 Å². The highest BCUT2D eigenvalue weighted by molar-refractivity contribution is 5.95. The Hall–Kier alpha value is -2.83. The second kappa shape index (κ2) is 7.38. The Morgan fingerprint density at radius 3 is 2.68 bits per heavy atom. The summed E-state index contributed by atoms with van der Waals surface area (Å²) in [5.41, 5.74) is 1.01. The molecule has 0 aromatic heterocycles. The third-order valence-corrected chi connectivity index (χ3v) is 4.49. The number of amides is 3. The first-order chi connectivity index (χ1) is 12.1. The molecule has 0 spiro atoms. The van der Waals surface area contributed by atoms with E-state index in [2.05, 4.69) is 0 Å². The van der Waals surface area contributed by atoms with Crippen molar-refractivity contribution in [3.63, 3.8) is 0 Å². The Bertz CT molecular complexity index is 688. The molecule has 7 nitrogen and oxygen atoms in total. The summed E-state index contributed by atoms with van der Waals surface area (Å²) in [6.45, 7) is 0.477. The molecular weight excluding hydrogens is 324 g/mol. The third kappa shape index (κ3) is 3.81. The highest BCUT2D eigenvalue weighted by Crippen LogP contribution is 2.23. The normalized spacial score (nSPS) is 23.3. The highest BCUT2D eigenvalue weighted by atomic mass is 16.6. The SMILES string of the molecule is O=C(O)N1CC=CCC(C(=O)N2C(=O)OC[C@H]2Cc2ccccc2)C1. The number of hydrogen-bond acceptors (Lipinski definition) is 4. The van der Waals surface area contributed by atoms with E-state index in [9.17, 15) is 19.5 Å². The second-order valence-corrected chi connectivity index (χ2v) is 6.22. The maximum Gasteiger partial charge on any atom is 0.416 e. The van der Waals surface area contributed by atoms with Gasteiger partial charge in [0.25, 0.3) is 0 Å². The molecule has 0 bridgehead atoms. The minimum atomic E-state index is -1.07. The summed E-state index contributed by atoms with van der Waals surface area (Å²) in [5.74, 6) is -0.958. The van der Waals surface area contributed by atoms with Crippen molar-refractivity contribution in [3.05, 3.63) is 48.0 Å². The van der Waals surface area contributed by atoms with Gasteiger partial charge in [0.15, 0.2) is 0 Å². The van der Waals surface area contributed by atoms with Gasteiger partial charge in [-0.05, 0) is 18.4 Å². The van der Waals surface area contributed by atoms with Gasteiger partial charge in [-0.15, -0.1) is 0 Å². The Balaban J connectivity index is 1.75. The van der Waals surface area contributed by atoms with Gasteiger partial charge in [-0.2, -0.15) is 0 Å². The molecule has 1 aromatic carbocycles.